The molecule has 0 bridgehead atoms. The van der Waals surface area contributed by atoms with E-state index in [4.69, 9.17) is 10.5 Å². The van der Waals surface area contributed by atoms with Crippen LogP contribution in [-0.4, -0.2) is 15.2 Å². The van der Waals surface area contributed by atoms with E-state index in [-0.39, 0.29) is 0 Å². The Kier molecular flexibility index (Phi) is 3.16. The van der Waals surface area contributed by atoms with E-state index in [1.54, 1.807) is 17.4 Å². The largest absolute Gasteiger partial charge is 0.483 e. The average molecular weight is 272 g/mol. The Morgan fingerprint density at radius 2 is 2.11 bits per heavy atom. The third-order valence-electron chi connectivity index (χ3n) is 2.56. The molecule has 0 spiro atoms. The summed E-state index contributed by atoms with van der Waals surface area (Å²) in [6.45, 7) is 0.312. The molecule has 96 valence electrons. The maximum atomic E-state index is 5.80. The number of rotatable bonds is 4. The molecule has 0 saturated heterocycles. The van der Waals surface area contributed by atoms with Crippen LogP contribution >= 0.6 is 11.3 Å². The van der Waals surface area contributed by atoms with Gasteiger partial charge < -0.3 is 10.5 Å². The summed E-state index contributed by atoms with van der Waals surface area (Å²) in [6.07, 6.45) is 0. The van der Waals surface area contributed by atoms with E-state index in [1.165, 1.54) is 0 Å². The van der Waals surface area contributed by atoms with Crippen molar-refractivity contribution in [1.29, 1.82) is 0 Å². The van der Waals surface area contributed by atoms with Gasteiger partial charge in [0.1, 0.15) is 12.4 Å². The summed E-state index contributed by atoms with van der Waals surface area (Å²) < 4.78 is 5.60. The van der Waals surface area contributed by atoms with Gasteiger partial charge in [-0.3, -0.25) is 5.10 Å². The van der Waals surface area contributed by atoms with Crippen LogP contribution in [0.25, 0.3) is 10.7 Å². The first-order valence-corrected chi connectivity index (χ1v) is 6.63. The SMILES string of the molecule is Nc1ccccc1OCc1nc(-c2cccs2)n[nH]1. The summed E-state index contributed by atoms with van der Waals surface area (Å²) in [5.41, 5.74) is 6.41. The van der Waals surface area contributed by atoms with Gasteiger partial charge in [0.25, 0.3) is 0 Å². The highest BCUT2D eigenvalue weighted by Gasteiger charge is 2.07. The Morgan fingerprint density at radius 3 is 2.89 bits per heavy atom. The van der Waals surface area contributed by atoms with Gasteiger partial charge >= 0.3 is 0 Å². The Labute approximate surface area is 114 Å². The first-order chi connectivity index (χ1) is 9.33. The zero-order chi connectivity index (χ0) is 13.1. The number of para-hydroxylation sites is 2. The van der Waals surface area contributed by atoms with E-state index >= 15 is 0 Å². The maximum Gasteiger partial charge on any atom is 0.191 e. The molecular formula is C13H12N4OS. The molecule has 0 radical (unpaired) electrons. The van der Waals surface area contributed by atoms with Crippen LogP contribution in [-0.2, 0) is 6.61 Å². The average Bonchev–Trinajstić information content (AvgIpc) is 3.09. The summed E-state index contributed by atoms with van der Waals surface area (Å²) in [5, 5.41) is 9.01. The summed E-state index contributed by atoms with van der Waals surface area (Å²) in [5.74, 6) is 2.01. The number of hydrogen-bond donors (Lipinski definition) is 2. The molecule has 2 aromatic heterocycles. The Balaban J connectivity index is 1.70. The second-order valence-electron chi connectivity index (χ2n) is 3.91. The monoisotopic (exact) mass is 272 g/mol. The van der Waals surface area contributed by atoms with Crippen molar-refractivity contribution < 1.29 is 4.74 Å². The number of nitrogens with zero attached hydrogens (tertiary/aromatic N) is 2. The number of nitrogens with one attached hydrogen (secondary N) is 1. The topological polar surface area (TPSA) is 76.8 Å². The number of thiophene rings is 1. The van der Waals surface area contributed by atoms with Crippen molar-refractivity contribution in [1.82, 2.24) is 15.2 Å². The van der Waals surface area contributed by atoms with E-state index in [0.717, 1.165) is 4.88 Å². The Morgan fingerprint density at radius 1 is 1.21 bits per heavy atom. The molecule has 5 nitrogen and oxygen atoms in total. The molecular weight excluding hydrogens is 260 g/mol. The number of aromatic nitrogens is 3. The minimum atomic E-state index is 0.312. The van der Waals surface area contributed by atoms with Crippen molar-refractivity contribution in [2.45, 2.75) is 6.61 Å². The fourth-order valence-corrected chi connectivity index (χ4v) is 2.29. The van der Waals surface area contributed by atoms with Crippen molar-refractivity contribution in [2.75, 3.05) is 5.73 Å². The molecule has 0 aliphatic heterocycles. The van der Waals surface area contributed by atoms with Crippen LogP contribution in [0, 0.1) is 0 Å². The molecule has 0 amide bonds. The third kappa shape index (κ3) is 2.58. The number of aromatic amines is 1. The molecule has 0 atom stereocenters. The van der Waals surface area contributed by atoms with Crippen LogP contribution in [0.2, 0.25) is 0 Å². The first-order valence-electron chi connectivity index (χ1n) is 5.75. The lowest BCUT2D eigenvalue weighted by Gasteiger charge is -2.05. The smallest absolute Gasteiger partial charge is 0.191 e. The molecule has 3 N–H and O–H groups in total. The van der Waals surface area contributed by atoms with Crippen molar-refractivity contribution in [3.63, 3.8) is 0 Å². The third-order valence-corrected chi connectivity index (χ3v) is 3.42. The standard InChI is InChI=1S/C13H12N4OS/c14-9-4-1-2-5-10(9)18-8-12-15-13(17-16-12)11-6-3-7-19-11/h1-7H,8,14H2,(H,15,16,17). The van der Waals surface area contributed by atoms with Crippen LogP contribution in [0.15, 0.2) is 41.8 Å². The molecule has 0 saturated carbocycles. The van der Waals surface area contributed by atoms with Gasteiger partial charge in [0.15, 0.2) is 11.6 Å². The van der Waals surface area contributed by atoms with Crippen LogP contribution in [0.4, 0.5) is 5.69 Å². The van der Waals surface area contributed by atoms with E-state index in [0.29, 0.717) is 29.7 Å². The minimum Gasteiger partial charge on any atom is -0.483 e. The lowest BCUT2D eigenvalue weighted by molar-refractivity contribution is 0.298. The van der Waals surface area contributed by atoms with Crippen molar-refractivity contribution in [2.24, 2.45) is 0 Å². The van der Waals surface area contributed by atoms with Crippen molar-refractivity contribution in [3.05, 3.63) is 47.6 Å². The van der Waals surface area contributed by atoms with Gasteiger partial charge in [0.05, 0.1) is 10.6 Å². The predicted molar refractivity (Wildman–Crippen MR) is 74.9 cm³/mol. The number of nitrogens with two attached hydrogens (primary N) is 1. The van der Waals surface area contributed by atoms with Crippen LogP contribution in [0.3, 0.4) is 0 Å². The molecule has 0 fully saturated rings. The molecule has 3 aromatic rings. The fraction of sp³-hybridized carbons (Fsp3) is 0.0769. The van der Waals surface area contributed by atoms with Gasteiger partial charge in [0.2, 0.25) is 0 Å². The molecule has 3 rings (SSSR count). The van der Waals surface area contributed by atoms with E-state index in [1.807, 2.05) is 35.7 Å². The molecule has 2 heterocycles. The van der Waals surface area contributed by atoms with Gasteiger partial charge in [-0.1, -0.05) is 18.2 Å². The zero-order valence-corrected chi connectivity index (χ0v) is 10.9. The summed E-state index contributed by atoms with van der Waals surface area (Å²) in [6, 6.07) is 11.3. The zero-order valence-electron chi connectivity index (χ0n) is 10.0. The van der Waals surface area contributed by atoms with Gasteiger partial charge in [-0.2, -0.15) is 5.10 Å². The van der Waals surface area contributed by atoms with Crippen LogP contribution < -0.4 is 10.5 Å². The number of anilines is 1. The fourth-order valence-electron chi connectivity index (χ4n) is 1.63. The molecule has 1 aromatic carbocycles. The van der Waals surface area contributed by atoms with E-state index in [9.17, 15) is 0 Å². The van der Waals surface area contributed by atoms with Crippen molar-refractivity contribution >= 4 is 17.0 Å². The highest BCUT2D eigenvalue weighted by molar-refractivity contribution is 7.13. The molecule has 6 heteroatoms. The second-order valence-corrected chi connectivity index (χ2v) is 4.86. The summed E-state index contributed by atoms with van der Waals surface area (Å²) >= 11 is 1.60. The van der Waals surface area contributed by atoms with E-state index in [2.05, 4.69) is 15.2 Å². The predicted octanol–water partition coefficient (Wildman–Crippen LogP) is 2.69. The normalized spacial score (nSPS) is 10.5. The Bertz CT molecular complexity index is 663. The maximum absolute atomic E-state index is 5.80. The summed E-state index contributed by atoms with van der Waals surface area (Å²) in [7, 11) is 0. The minimum absolute atomic E-state index is 0.312. The molecule has 0 unspecified atom stereocenters. The van der Waals surface area contributed by atoms with E-state index < -0.39 is 0 Å². The molecule has 0 aliphatic carbocycles. The number of hydrogen-bond acceptors (Lipinski definition) is 5. The van der Waals surface area contributed by atoms with Crippen molar-refractivity contribution in [3.8, 4) is 16.5 Å². The number of ether oxygens (including phenoxy) is 1. The number of H-pyrrole nitrogens is 1. The van der Waals surface area contributed by atoms with Gasteiger partial charge in [-0.05, 0) is 23.6 Å². The quantitative estimate of drug-likeness (QED) is 0.716. The van der Waals surface area contributed by atoms with Crippen LogP contribution in [0.5, 0.6) is 5.75 Å². The van der Waals surface area contributed by atoms with Crippen LogP contribution in [0.1, 0.15) is 5.82 Å². The highest BCUT2D eigenvalue weighted by Crippen LogP contribution is 2.22. The number of benzene rings is 1. The highest BCUT2D eigenvalue weighted by atomic mass is 32.1. The van der Waals surface area contributed by atoms with Gasteiger partial charge in [-0.15, -0.1) is 11.3 Å². The molecule has 19 heavy (non-hydrogen) atoms. The molecule has 0 aliphatic rings. The number of nitrogen functional groups attached to an aromatic ring is 1. The van der Waals surface area contributed by atoms with Gasteiger partial charge in [0, 0.05) is 0 Å². The first kappa shape index (κ1) is 11.7. The van der Waals surface area contributed by atoms with Gasteiger partial charge in [-0.25, -0.2) is 4.98 Å². The summed E-state index contributed by atoms with van der Waals surface area (Å²) in [4.78, 5) is 5.40. The second kappa shape index (κ2) is 5.11. The Hall–Kier alpha value is -2.34. The lowest BCUT2D eigenvalue weighted by atomic mass is 10.3. The lowest BCUT2D eigenvalue weighted by Crippen LogP contribution is -2.00.